The van der Waals surface area contributed by atoms with Crippen molar-refractivity contribution in [2.75, 3.05) is 38.7 Å². The van der Waals surface area contributed by atoms with E-state index in [1.165, 1.54) is 11.8 Å². The lowest BCUT2D eigenvalue weighted by Gasteiger charge is -2.32. The van der Waals surface area contributed by atoms with Crippen LogP contribution in [0.25, 0.3) is 11.0 Å². The van der Waals surface area contributed by atoms with Gasteiger partial charge < -0.3 is 28.7 Å². The fourth-order valence-corrected chi connectivity index (χ4v) is 4.85. The van der Waals surface area contributed by atoms with Crippen LogP contribution in [-0.4, -0.2) is 59.8 Å². The van der Waals surface area contributed by atoms with Crippen molar-refractivity contribution in [1.29, 1.82) is 0 Å². The topological polar surface area (TPSA) is 81.8 Å². The van der Waals surface area contributed by atoms with Crippen molar-refractivity contribution in [3.05, 3.63) is 77.7 Å². The maximum Gasteiger partial charge on any atom is 0.341 e. The molecule has 0 spiro atoms. The molecule has 1 aliphatic rings. The van der Waals surface area contributed by atoms with Crippen molar-refractivity contribution in [1.82, 2.24) is 14.5 Å². The smallest absolute Gasteiger partial charge is 0.341 e. The van der Waals surface area contributed by atoms with Crippen LogP contribution in [0.5, 0.6) is 5.75 Å². The third kappa shape index (κ3) is 5.97. The van der Waals surface area contributed by atoms with Gasteiger partial charge in [-0.05, 0) is 62.1 Å². The highest BCUT2D eigenvalue weighted by Crippen LogP contribution is 2.25. The Balaban J connectivity index is 1.21. The number of aromatic nitrogens is 2. The largest absolute Gasteiger partial charge is 0.497 e. The molecule has 1 saturated heterocycles. The van der Waals surface area contributed by atoms with Crippen molar-refractivity contribution >= 4 is 23.0 Å². The van der Waals surface area contributed by atoms with E-state index in [0.717, 1.165) is 61.6 Å². The Kier molecular flexibility index (Phi) is 7.75. The summed E-state index contributed by atoms with van der Waals surface area (Å²) in [5.41, 5.74) is 3.71. The van der Waals surface area contributed by atoms with E-state index in [9.17, 15) is 4.79 Å². The molecule has 37 heavy (non-hydrogen) atoms. The van der Waals surface area contributed by atoms with Crippen molar-refractivity contribution in [3.63, 3.8) is 0 Å². The van der Waals surface area contributed by atoms with Crippen molar-refractivity contribution < 1.29 is 18.7 Å². The highest BCUT2D eigenvalue weighted by atomic mass is 16.5. The van der Waals surface area contributed by atoms with Crippen LogP contribution in [0, 0.1) is 0 Å². The molecule has 0 amide bonds. The molecule has 4 aromatic rings. The number of ether oxygens (including phenoxy) is 2. The quantitative estimate of drug-likeness (QED) is 0.306. The van der Waals surface area contributed by atoms with Gasteiger partial charge in [0.1, 0.15) is 17.8 Å². The molecule has 1 aliphatic heterocycles. The minimum absolute atomic E-state index is 0.333. The molecule has 194 valence electrons. The number of esters is 1. The van der Waals surface area contributed by atoms with Gasteiger partial charge in [-0.25, -0.2) is 9.78 Å². The molecule has 1 fully saturated rings. The van der Waals surface area contributed by atoms with Crippen LogP contribution in [0.15, 0.2) is 65.3 Å². The molecule has 1 N–H and O–H groups in total. The fourth-order valence-electron chi connectivity index (χ4n) is 4.85. The normalized spacial score (nSPS) is 14.6. The average molecular weight is 503 g/mol. The Morgan fingerprint density at radius 3 is 2.68 bits per heavy atom. The summed E-state index contributed by atoms with van der Waals surface area (Å²) in [5.74, 6) is 2.04. The Labute approximate surface area is 217 Å². The predicted octanol–water partition coefficient (Wildman–Crippen LogP) is 4.98. The van der Waals surface area contributed by atoms with E-state index in [4.69, 9.17) is 18.9 Å². The lowest BCUT2D eigenvalue weighted by atomic mass is 10.0. The zero-order valence-electron chi connectivity index (χ0n) is 21.5. The Bertz CT molecular complexity index is 1320. The molecule has 0 bridgehead atoms. The number of nitrogens with one attached hydrogen (secondary N) is 1. The number of nitrogens with zero attached hydrogens (tertiary/aromatic N) is 3. The Hall–Kier alpha value is -3.78. The van der Waals surface area contributed by atoms with Gasteiger partial charge in [0, 0.05) is 25.7 Å². The average Bonchev–Trinajstić information content (AvgIpc) is 3.54. The van der Waals surface area contributed by atoms with Crippen molar-refractivity contribution in [2.45, 2.75) is 38.8 Å². The van der Waals surface area contributed by atoms with Gasteiger partial charge in [0.15, 0.2) is 0 Å². The fraction of sp³-hybridized carbons (Fsp3) is 0.379. The summed E-state index contributed by atoms with van der Waals surface area (Å²) in [4.78, 5) is 19.5. The molecule has 0 saturated carbocycles. The minimum Gasteiger partial charge on any atom is -0.497 e. The third-order valence-electron chi connectivity index (χ3n) is 6.93. The minimum atomic E-state index is -0.370. The lowest BCUT2D eigenvalue weighted by Crippen LogP contribution is -2.40. The molecule has 3 heterocycles. The second-order valence-electron chi connectivity index (χ2n) is 9.39. The van der Waals surface area contributed by atoms with Crippen LogP contribution in [0.4, 0.5) is 5.95 Å². The maximum atomic E-state index is 12.1. The highest BCUT2D eigenvalue weighted by molar-refractivity contribution is 5.89. The number of likely N-dealkylation sites (tertiary alicyclic amines) is 1. The number of para-hydroxylation sites is 2. The lowest BCUT2D eigenvalue weighted by molar-refractivity contribution is 0.0525. The summed E-state index contributed by atoms with van der Waals surface area (Å²) in [7, 11) is 1.70. The summed E-state index contributed by atoms with van der Waals surface area (Å²) < 4.78 is 18.2. The molecule has 8 nitrogen and oxygen atoms in total. The van der Waals surface area contributed by atoms with E-state index in [-0.39, 0.29) is 5.97 Å². The van der Waals surface area contributed by atoms with E-state index >= 15 is 0 Å². The van der Waals surface area contributed by atoms with E-state index in [1.807, 2.05) is 30.3 Å². The van der Waals surface area contributed by atoms with Gasteiger partial charge in [-0.2, -0.15) is 0 Å². The van der Waals surface area contributed by atoms with Gasteiger partial charge in [-0.1, -0.05) is 24.3 Å². The first-order valence-corrected chi connectivity index (χ1v) is 12.9. The standard InChI is InChI=1S/C29H34N4O4/c1-3-36-28(34)22-18-25(37-20-22)19-33-27-7-5-4-6-26(27)31-29(33)30-23-13-16-32(17-14-23)15-12-21-8-10-24(35-2)11-9-21/h4-11,18,20,23H,3,12-17,19H2,1-2H3,(H,30,31). The van der Waals surface area contributed by atoms with Gasteiger partial charge in [0.2, 0.25) is 5.95 Å². The van der Waals surface area contributed by atoms with Gasteiger partial charge in [-0.15, -0.1) is 0 Å². The van der Waals surface area contributed by atoms with Crippen LogP contribution in [0.3, 0.4) is 0 Å². The first-order valence-electron chi connectivity index (χ1n) is 12.9. The summed E-state index contributed by atoms with van der Waals surface area (Å²) in [6.45, 7) is 5.76. The molecule has 2 aromatic heterocycles. The number of hydrogen-bond donors (Lipinski definition) is 1. The number of hydrogen-bond acceptors (Lipinski definition) is 7. The molecular weight excluding hydrogens is 468 g/mol. The number of carbonyl (C=O) groups excluding carboxylic acids is 1. The maximum absolute atomic E-state index is 12.1. The van der Waals surface area contributed by atoms with Crippen LogP contribution in [0.2, 0.25) is 0 Å². The summed E-state index contributed by atoms with van der Waals surface area (Å²) in [6.07, 6.45) is 4.61. The zero-order valence-corrected chi connectivity index (χ0v) is 21.5. The molecule has 0 aliphatic carbocycles. The van der Waals surface area contributed by atoms with Crippen molar-refractivity contribution in [2.24, 2.45) is 0 Å². The number of methoxy groups -OCH3 is 1. The number of anilines is 1. The van der Waals surface area contributed by atoms with Crippen LogP contribution < -0.4 is 10.1 Å². The van der Waals surface area contributed by atoms with Crippen LogP contribution in [-0.2, 0) is 17.7 Å². The molecule has 0 unspecified atom stereocenters. The second kappa shape index (κ2) is 11.5. The molecule has 0 atom stereocenters. The number of rotatable bonds is 10. The van der Waals surface area contributed by atoms with E-state index < -0.39 is 0 Å². The monoisotopic (exact) mass is 502 g/mol. The van der Waals surface area contributed by atoms with Crippen molar-refractivity contribution in [3.8, 4) is 5.75 Å². The van der Waals surface area contributed by atoms with Gasteiger partial charge in [-0.3, -0.25) is 0 Å². The van der Waals surface area contributed by atoms with E-state index in [1.54, 1.807) is 20.1 Å². The predicted molar refractivity (Wildman–Crippen MR) is 143 cm³/mol. The number of carbonyl (C=O) groups is 1. The highest BCUT2D eigenvalue weighted by Gasteiger charge is 2.22. The number of fused-ring (bicyclic) bond motifs is 1. The Morgan fingerprint density at radius 2 is 1.92 bits per heavy atom. The SMILES string of the molecule is CCOC(=O)c1coc(Cn2c(NC3CCN(CCc4ccc(OC)cc4)CC3)nc3ccccc32)c1. The first kappa shape index (κ1) is 24.9. The van der Waals surface area contributed by atoms with E-state index in [2.05, 4.69) is 33.0 Å². The second-order valence-corrected chi connectivity index (χ2v) is 9.39. The van der Waals surface area contributed by atoms with Crippen LogP contribution in [0.1, 0.15) is 41.4 Å². The summed E-state index contributed by atoms with van der Waals surface area (Å²) in [5, 5.41) is 3.69. The molecular formula is C29H34N4O4. The summed E-state index contributed by atoms with van der Waals surface area (Å²) >= 11 is 0. The number of furan rings is 1. The van der Waals surface area contributed by atoms with Crippen LogP contribution >= 0.6 is 0 Å². The Morgan fingerprint density at radius 1 is 1.14 bits per heavy atom. The van der Waals surface area contributed by atoms with Gasteiger partial charge in [0.05, 0.1) is 36.9 Å². The van der Waals surface area contributed by atoms with Gasteiger partial charge in [0.25, 0.3) is 0 Å². The van der Waals surface area contributed by atoms with E-state index in [0.29, 0.717) is 30.5 Å². The number of benzene rings is 2. The molecule has 8 heteroatoms. The first-order chi connectivity index (χ1) is 18.1. The molecule has 0 radical (unpaired) electrons. The number of imidazole rings is 1. The van der Waals surface area contributed by atoms with Gasteiger partial charge >= 0.3 is 5.97 Å². The third-order valence-corrected chi connectivity index (χ3v) is 6.93. The zero-order chi connectivity index (χ0) is 25.6. The molecule has 2 aromatic carbocycles. The number of piperidine rings is 1. The molecule has 5 rings (SSSR count). The summed E-state index contributed by atoms with van der Waals surface area (Å²) in [6, 6.07) is 18.5.